The molecule has 0 aromatic heterocycles. The molecule has 1 aromatic rings. The Labute approximate surface area is 154 Å². The number of Topliss-reactive ketones (excluding diaryl/α,β-unsaturated/α-hetero) is 1. The molecule has 25 heavy (non-hydrogen) atoms. The van der Waals surface area contributed by atoms with Crippen molar-refractivity contribution in [3.05, 3.63) is 34.9 Å². The van der Waals surface area contributed by atoms with Gasteiger partial charge in [0.25, 0.3) is 0 Å². The van der Waals surface area contributed by atoms with Gasteiger partial charge in [-0.2, -0.15) is 0 Å². The Hall–Kier alpha value is -1.11. The van der Waals surface area contributed by atoms with E-state index < -0.39 is 0 Å². The first-order valence-electron chi connectivity index (χ1n) is 10.8. The van der Waals surface area contributed by atoms with Crippen LogP contribution >= 0.6 is 0 Å². The molecule has 138 valence electrons. The molecular formula is C24H36O. The first-order chi connectivity index (χ1) is 12.1. The van der Waals surface area contributed by atoms with E-state index in [1.807, 2.05) is 0 Å². The van der Waals surface area contributed by atoms with Gasteiger partial charge in [0, 0.05) is 11.5 Å². The quantitative estimate of drug-likeness (QED) is 0.541. The van der Waals surface area contributed by atoms with Crippen LogP contribution in [0.3, 0.4) is 0 Å². The van der Waals surface area contributed by atoms with E-state index in [1.165, 1.54) is 56.1 Å². The second kappa shape index (κ2) is 8.52. The Balaban J connectivity index is 1.54. The predicted octanol–water partition coefficient (Wildman–Crippen LogP) is 6.76. The van der Waals surface area contributed by atoms with Gasteiger partial charge in [0.15, 0.2) is 5.78 Å². The maximum Gasteiger partial charge on any atom is 0.166 e. The van der Waals surface area contributed by atoms with Crippen molar-refractivity contribution >= 4 is 5.78 Å². The lowest BCUT2D eigenvalue weighted by molar-refractivity contribution is 0.0828. The summed E-state index contributed by atoms with van der Waals surface area (Å²) in [5, 5.41) is 0. The molecular weight excluding hydrogens is 304 g/mol. The van der Waals surface area contributed by atoms with E-state index in [0.717, 1.165) is 42.6 Å². The molecule has 2 saturated carbocycles. The van der Waals surface area contributed by atoms with E-state index in [2.05, 4.69) is 39.0 Å². The Bertz CT molecular complexity index is 572. The smallest absolute Gasteiger partial charge is 0.166 e. The van der Waals surface area contributed by atoms with Crippen LogP contribution in [0.4, 0.5) is 0 Å². The van der Waals surface area contributed by atoms with Crippen molar-refractivity contribution < 1.29 is 4.79 Å². The summed E-state index contributed by atoms with van der Waals surface area (Å²) in [5.74, 6) is 3.51. The molecule has 1 aromatic carbocycles. The third kappa shape index (κ3) is 4.36. The van der Waals surface area contributed by atoms with Crippen molar-refractivity contribution in [3.8, 4) is 0 Å². The van der Waals surface area contributed by atoms with Gasteiger partial charge in [-0.25, -0.2) is 0 Å². The summed E-state index contributed by atoms with van der Waals surface area (Å²) in [4.78, 5) is 13.0. The summed E-state index contributed by atoms with van der Waals surface area (Å²) in [6.45, 7) is 6.62. The molecule has 2 aliphatic rings. The summed E-state index contributed by atoms with van der Waals surface area (Å²) in [6, 6.07) is 6.41. The summed E-state index contributed by atoms with van der Waals surface area (Å²) in [7, 11) is 0. The van der Waals surface area contributed by atoms with Gasteiger partial charge in [0.1, 0.15) is 0 Å². The first-order valence-corrected chi connectivity index (χ1v) is 10.8. The van der Waals surface area contributed by atoms with E-state index in [4.69, 9.17) is 0 Å². The Morgan fingerprint density at radius 3 is 2.04 bits per heavy atom. The summed E-state index contributed by atoms with van der Waals surface area (Å²) in [5.41, 5.74) is 3.48. The second-order valence-corrected chi connectivity index (χ2v) is 8.67. The Kier molecular flexibility index (Phi) is 6.36. The van der Waals surface area contributed by atoms with Crippen molar-refractivity contribution in [3.63, 3.8) is 0 Å². The molecule has 0 amide bonds. The van der Waals surface area contributed by atoms with Gasteiger partial charge in [0.2, 0.25) is 0 Å². The molecule has 0 heterocycles. The number of carbonyl (C=O) groups is 1. The van der Waals surface area contributed by atoms with Gasteiger partial charge >= 0.3 is 0 Å². The van der Waals surface area contributed by atoms with Gasteiger partial charge in [-0.3, -0.25) is 4.79 Å². The molecule has 0 spiro atoms. The highest BCUT2D eigenvalue weighted by molar-refractivity contribution is 5.99. The van der Waals surface area contributed by atoms with Crippen LogP contribution in [0.15, 0.2) is 18.2 Å². The van der Waals surface area contributed by atoms with Crippen LogP contribution in [0.25, 0.3) is 0 Å². The molecule has 2 aliphatic carbocycles. The second-order valence-electron chi connectivity index (χ2n) is 8.67. The number of hydrogen-bond acceptors (Lipinski definition) is 1. The summed E-state index contributed by atoms with van der Waals surface area (Å²) in [6.07, 6.45) is 13.0. The number of benzene rings is 1. The normalized spacial score (nSPS) is 30.2. The lowest BCUT2D eigenvalue weighted by atomic mass is 9.68. The molecule has 3 rings (SSSR count). The monoisotopic (exact) mass is 340 g/mol. The minimum atomic E-state index is 0.273. The van der Waals surface area contributed by atoms with Gasteiger partial charge in [0.05, 0.1) is 0 Å². The van der Waals surface area contributed by atoms with Gasteiger partial charge in [-0.15, -0.1) is 0 Å². The highest BCUT2D eigenvalue weighted by Gasteiger charge is 2.33. The number of rotatable bonds is 5. The van der Waals surface area contributed by atoms with Crippen molar-refractivity contribution in [1.82, 2.24) is 0 Å². The molecule has 0 N–H and O–H groups in total. The van der Waals surface area contributed by atoms with Crippen LogP contribution < -0.4 is 0 Å². The maximum atomic E-state index is 13.0. The topological polar surface area (TPSA) is 17.1 Å². The fourth-order valence-electron chi connectivity index (χ4n) is 5.36. The molecule has 1 nitrogen and oxygen atoms in total. The molecule has 0 atom stereocenters. The van der Waals surface area contributed by atoms with Crippen LogP contribution in [0, 0.1) is 30.6 Å². The highest BCUT2D eigenvalue weighted by atomic mass is 16.1. The van der Waals surface area contributed by atoms with Crippen LogP contribution in [-0.4, -0.2) is 5.78 Å². The van der Waals surface area contributed by atoms with Gasteiger partial charge < -0.3 is 0 Å². The van der Waals surface area contributed by atoms with Gasteiger partial charge in [-0.1, -0.05) is 51.3 Å². The van der Waals surface area contributed by atoms with Crippen molar-refractivity contribution in [2.75, 3.05) is 0 Å². The molecule has 0 saturated heterocycles. The number of carbonyl (C=O) groups excluding carboxylic acids is 1. The van der Waals surface area contributed by atoms with Gasteiger partial charge in [-0.05, 0) is 80.8 Å². The van der Waals surface area contributed by atoms with E-state index >= 15 is 0 Å². The van der Waals surface area contributed by atoms with E-state index in [1.54, 1.807) is 0 Å². The van der Waals surface area contributed by atoms with Crippen molar-refractivity contribution in [2.24, 2.45) is 23.7 Å². The van der Waals surface area contributed by atoms with Crippen molar-refractivity contribution in [1.29, 1.82) is 0 Å². The first kappa shape index (κ1) is 18.7. The lowest BCUT2D eigenvalue weighted by Gasteiger charge is -2.37. The Morgan fingerprint density at radius 2 is 1.52 bits per heavy atom. The summed E-state index contributed by atoms with van der Waals surface area (Å²) >= 11 is 0. The van der Waals surface area contributed by atoms with Crippen molar-refractivity contribution in [2.45, 2.75) is 85.0 Å². The molecule has 0 radical (unpaired) electrons. The fourth-order valence-corrected chi connectivity index (χ4v) is 5.36. The fraction of sp³-hybridized carbons (Fsp3) is 0.708. The third-order valence-electron chi connectivity index (χ3n) is 7.24. The SMILES string of the molecule is CCc1ccc(C(=O)C2CCC(C3CCC(CC)CC3)CC2)c(C)c1. The largest absolute Gasteiger partial charge is 0.294 e. The third-order valence-corrected chi connectivity index (χ3v) is 7.24. The zero-order valence-corrected chi connectivity index (χ0v) is 16.5. The molecule has 0 bridgehead atoms. The van der Waals surface area contributed by atoms with Crippen LogP contribution in [0.5, 0.6) is 0 Å². The number of aryl methyl sites for hydroxylation is 2. The lowest BCUT2D eigenvalue weighted by Crippen LogP contribution is -2.28. The minimum Gasteiger partial charge on any atom is -0.294 e. The Morgan fingerprint density at radius 1 is 0.920 bits per heavy atom. The molecule has 0 aliphatic heterocycles. The predicted molar refractivity (Wildman–Crippen MR) is 106 cm³/mol. The number of ketones is 1. The van der Waals surface area contributed by atoms with Crippen LogP contribution in [0.2, 0.25) is 0 Å². The van der Waals surface area contributed by atoms with Crippen LogP contribution in [0.1, 0.15) is 93.1 Å². The van der Waals surface area contributed by atoms with E-state index in [0.29, 0.717) is 5.78 Å². The molecule has 2 fully saturated rings. The zero-order valence-electron chi connectivity index (χ0n) is 16.5. The molecule has 0 unspecified atom stereocenters. The number of hydrogen-bond donors (Lipinski definition) is 0. The standard InChI is InChI=1S/C24H36O/c1-4-18-6-9-20(10-7-18)21-11-13-22(14-12-21)24(25)23-15-8-19(5-2)16-17(23)3/h8,15-16,18,20-22H,4-7,9-14H2,1-3H3. The zero-order chi connectivity index (χ0) is 17.8. The van der Waals surface area contributed by atoms with E-state index in [-0.39, 0.29) is 5.92 Å². The van der Waals surface area contributed by atoms with Crippen LogP contribution in [-0.2, 0) is 6.42 Å². The highest BCUT2D eigenvalue weighted by Crippen LogP contribution is 2.42. The minimum absolute atomic E-state index is 0.273. The maximum absolute atomic E-state index is 13.0. The average molecular weight is 341 g/mol. The average Bonchev–Trinajstić information content (AvgIpc) is 2.67. The summed E-state index contributed by atoms with van der Waals surface area (Å²) < 4.78 is 0. The molecule has 1 heteroatoms. The van der Waals surface area contributed by atoms with E-state index in [9.17, 15) is 4.79 Å².